The van der Waals surface area contributed by atoms with E-state index in [1.807, 2.05) is 62.9 Å². The number of carbonyl (C=O) groups is 2. The fraction of sp³-hybridized carbons (Fsp3) is 0.400. The Morgan fingerprint density at radius 2 is 1.57 bits per heavy atom. The third kappa shape index (κ3) is 12.4. The number of nitrogens with two attached hydrogens (primary N) is 1. The van der Waals surface area contributed by atoms with E-state index < -0.39 is 16.2 Å². The third-order valence-corrected chi connectivity index (χ3v) is 7.14. The number of benzene rings is 3. The van der Waals surface area contributed by atoms with Crippen molar-refractivity contribution >= 4 is 38.7 Å². The Hall–Kier alpha value is -4.66. The van der Waals surface area contributed by atoms with Crippen molar-refractivity contribution in [1.29, 1.82) is 0 Å². The van der Waals surface area contributed by atoms with Gasteiger partial charge >= 0.3 is 0 Å². The van der Waals surface area contributed by atoms with Gasteiger partial charge in [0.05, 0.1) is 38.0 Å². The first-order valence-corrected chi connectivity index (χ1v) is 17.7. The lowest BCUT2D eigenvalue weighted by molar-refractivity contribution is -0.117. The summed E-state index contributed by atoms with van der Waals surface area (Å²) in [6.45, 7) is 8.95. The Balaban J connectivity index is 0.00000121. The number of nitrogens with one attached hydrogen (secondary N) is 1. The lowest BCUT2D eigenvalue weighted by Gasteiger charge is -2.31. The highest BCUT2D eigenvalue weighted by Gasteiger charge is 2.23. The van der Waals surface area contributed by atoms with E-state index >= 15 is 0 Å². The number of nitrogens with zero attached hydrogens (tertiary/aromatic N) is 2. The Morgan fingerprint density at radius 1 is 0.939 bits per heavy atom. The lowest BCUT2D eigenvalue weighted by Crippen LogP contribution is -2.42. The molecule has 4 N–H and O–H groups in total. The Morgan fingerprint density at radius 3 is 2.18 bits per heavy atom. The Labute approximate surface area is 287 Å². The summed E-state index contributed by atoms with van der Waals surface area (Å²) in [5.74, 6) is 1.65. The van der Waals surface area contributed by atoms with E-state index in [0.29, 0.717) is 65.5 Å². The molecule has 0 aliphatic heterocycles. The van der Waals surface area contributed by atoms with Crippen LogP contribution in [-0.2, 0) is 21.3 Å². The van der Waals surface area contributed by atoms with Crippen molar-refractivity contribution in [3.8, 4) is 17.2 Å². The normalized spacial score (nSPS) is 11.9. The second-order valence-electron chi connectivity index (χ2n) is 11.9. The van der Waals surface area contributed by atoms with Crippen LogP contribution >= 0.6 is 0 Å². The molecule has 0 unspecified atom stereocenters. The predicted octanol–water partition coefficient (Wildman–Crippen LogP) is 5.35. The smallest absolute Gasteiger partial charge is 0.261 e. The second-order valence-corrected chi connectivity index (χ2v) is 13.3. The van der Waals surface area contributed by atoms with E-state index in [4.69, 9.17) is 29.0 Å². The zero-order valence-electron chi connectivity index (χ0n) is 28.7. The molecular weight excluding hydrogens is 652 g/mol. The molecular formula is C35H46N4O9S. The van der Waals surface area contributed by atoms with Crippen LogP contribution in [0.15, 0.2) is 71.3 Å². The maximum atomic E-state index is 13.1. The van der Waals surface area contributed by atoms with Gasteiger partial charge in [0.1, 0.15) is 5.75 Å². The maximum Gasteiger partial charge on any atom is 0.261 e. The number of carbonyl (C=O) groups excluding carboxylic acids is 2. The largest absolute Gasteiger partial charge is 0.494 e. The number of anilines is 1. The number of unbranched alkanes of at least 4 members (excludes halogenated alkanes) is 1. The molecule has 0 aliphatic carbocycles. The first-order valence-electron chi connectivity index (χ1n) is 15.9. The van der Waals surface area contributed by atoms with E-state index in [-0.39, 0.29) is 23.9 Å². The number of hydrogen-bond acceptors (Lipinski definition) is 10. The molecule has 3 aromatic carbocycles. The molecule has 0 fully saturated rings. The fourth-order valence-electron chi connectivity index (χ4n) is 4.98. The van der Waals surface area contributed by atoms with Crippen molar-refractivity contribution in [3.05, 3.63) is 77.9 Å². The van der Waals surface area contributed by atoms with Crippen molar-refractivity contribution in [2.24, 2.45) is 5.73 Å². The fourth-order valence-corrected chi connectivity index (χ4v) is 4.98. The average Bonchev–Trinajstić information content (AvgIpc) is 3.43. The van der Waals surface area contributed by atoms with Crippen LogP contribution in [0.3, 0.4) is 0 Å². The number of ether oxygens (including phenoxy) is 3. The predicted molar refractivity (Wildman–Crippen MR) is 188 cm³/mol. The van der Waals surface area contributed by atoms with E-state index in [2.05, 4.69) is 10.5 Å². The molecule has 0 aliphatic rings. The summed E-state index contributed by atoms with van der Waals surface area (Å²) < 4.78 is 48.6. The van der Waals surface area contributed by atoms with Crippen molar-refractivity contribution in [1.82, 2.24) is 10.1 Å². The van der Waals surface area contributed by atoms with Gasteiger partial charge in [-0.2, -0.15) is 8.42 Å². The second kappa shape index (κ2) is 18.2. The van der Waals surface area contributed by atoms with E-state index in [1.165, 1.54) is 0 Å². The maximum absolute atomic E-state index is 13.1. The number of amides is 2. The van der Waals surface area contributed by atoms with Gasteiger partial charge in [0.15, 0.2) is 22.9 Å². The van der Waals surface area contributed by atoms with E-state index in [0.717, 1.165) is 18.4 Å². The topological polar surface area (TPSA) is 184 Å². The molecule has 1 aromatic heterocycles. The van der Waals surface area contributed by atoms with Gasteiger partial charge in [-0.25, -0.2) is 0 Å². The molecule has 4 aromatic rings. The minimum Gasteiger partial charge on any atom is -0.494 e. The molecule has 49 heavy (non-hydrogen) atoms. The van der Waals surface area contributed by atoms with Crippen LogP contribution in [0.4, 0.5) is 5.82 Å². The van der Waals surface area contributed by atoms with Crippen molar-refractivity contribution in [3.63, 3.8) is 0 Å². The zero-order chi connectivity index (χ0) is 36.1. The summed E-state index contributed by atoms with van der Waals surface area (Å²) in [6.07, 6.45) is 2.62. The van der Waals surface area contributed by atoms with Crippen molar-refractivity contribution < 1.29 is 41.3 Å². The molecule has 0 radical (unpaired) electrons. The van der Waals surface area contributed by atoms with Gasteiger partial charge in [-0.1, -0.05) is 35.5 Å². The molecule has 1 atom stereocenters. The summed E-state index contributed by atoms with van der Waals surface area (Å²) in [5, 5.41) is 7.41. The van der Waals surface area contributed by atoms with Crippen molar-refractivity contribution in [2.45, 2.75) is 65.1 Å². The monoisotopic (exact) mass is 698 g/mol. The van der Waals surface area contributed by atoms with Crippen LogP contribution in [0, 0.1) is 0 Å². The summed E-state index contributed by atoms with van der Waals surface area (Å²) in [6, 6.07) is 19.7. The zero-order valence-corrected chi connectivity index (χ0v) is 29.5. The summed E-state index contributed by atoms with van der Waals surface area (Å²) in [7, 11) is -2.10. The summed E-state index contributed by atoms with van der Waals surface area (Å²) >= 11 is 0. The number of rotatable bonds is 15. The van der Waals surface area contributed by atoms with Gasteiger partial charge in [-0.05, 0) is 88.9 Å². The van der Waals surface area contributed by atoms with Crippen LogP contribution in [0.25, 0.3) is 11.0 Å². The first-order chi connectivity index (χ1) is 23.2. The van der Waals surface area contributed by atoms with Crippen LogP contribution in [0.2, 0.25) is 0 Å². The lowest BCUT2D eigenvalue weighted by atomic mass is 10.1. The first kappa shape index (κ1) is 38.8. The van der Waals surface area contributed by atoms with Gasteiger partial charge in [0.25, 0.3) is 16.0 Å². The number of hydrogen-bond donors (Lipinski definition) is 3. The highest BCUT2D eigenvalue weighted by atomic mass is 32.2. The van der Waals surface area contributed by atoms with Crippen LogP contribution < -0.4 is 25.3 Å². The minimum atomic E-state index is -3.67. The van der Waals surface area contributed by atoms with Gasteiger partial charge in [0, 0.05) is 17.6 Å². The molecule has 0 spiro atoms. The Bertz CT molecular complexity index is 1760. The molecule has 13 nitrogen and oxygen atoms in total. The van der Waals surface area contributed by atoms with Crippen LogP contribution in [0.5, 0.6) is 17.2 Å². The van der Waals surface area contributed by atoms with Gasteiger partial charge in [0.2, 0.25) is 5.91 Å². The molecule has 4 rings (SSSR count). The molecule has 0 saturated heterocycles. The highest BCUT2D eigenvalue weighted by Crippen LogP contribution is 2.30. The van der Waals surface area contributed by atoms with Crippen molar-refractivity contribution in [2.75, 3.05) is 31.9 Å². The van der Waals surface area contributed by atoms with Gasteiger partial charge in [-0.15, -0.1) is 0 Å². The minimum absolute atomic E-state index is 0.0393. The highest BCUT2D eigenvalue weighted by molar-refractivity contribution is 7.85. The third-order valence-electron chi connectivity index (χ3n) is 7.14. The van der Waals surface area contributed by atoms with Gasteiger partial charge < -0.3 is 34.7 Å². The van der Waals surface area contributed by atoms with Crippen LogP contribution in [-0.4, -0.2) is 79.5 Å². The number of aromatic nitrogens is 1. The summed E-state index contributed by atoms with van der Waals surface area (Å²) in [4.78, 5) is 27.6. The van der Waals surface area contributed by atoms with E-state index in [1.54, 1.807) is 43.5 Å². The number of methoxy groups -OCH3 is 1. The molecule has 266 valence electrons. The molecule has 2 amide bonds. The SMILES string of the molecule is COc1cc(C(=O)N(C(C)C)C(C)C)ccc1OCCCCOc1ccc2onc(NC(=O)[C@@H](N)Cc3ccccc3)c2c1.CS(=O)(=O)O. The average molecular weight is 699 g/mol. The molecule has 0 bridgehead atoms. The number of fused-ring (bicyclic) bond motifs is 1. The molecule has 1 heterocycles. The van der Waals surface area contributed by atoms with Gasteiger partial charge in [-0.3, -0.25) is 14.1 Å². The molecule has 0 saturated carbocycles. The quantitative estimate of drug-likeness (QED) is 0.108. The van der Waals surface area contributed by atoms with Crippen LogP contribution in [0.1, 0.15) is 56.5 Å². The molecule has 14 heteroatoms. The van der Waals surface area contributed by atoms with E-state index in [9.17, 15) is 18.0 Å². The summed E-state index contributed by atoms with van der Waals surface area (Å²) in [5.41, 5.74) is 8.19. The Kier molecular flexibility index (Phi) is 14.4. The standard InChI is InChI=1S/C34H42N4O6.CH4O3S/c1-22(2)38(23(3)4)34(40)25-13-15-30(31(20-25)41-5)43-18-10-9-17-42-26-14-16-29-27(21-26)32(37-44-29)36-33(39)28(35)19-24-11-7-6-8-12-24;1-5(2,3)4/h6-8,11-16,20-23,28H,9-10,17-19,35H2,1-5H3,(H,36,37,39);1H3,(H,2,3,4)/t28-;/m0./s1.